The Hall–Kier alpha value is 1.60. The second-order valence-electron chi connectivity index (χ2n) is 0.737. The van der Waals surface area contributed by atoms with Crippen LogP contribution >= 0.6 is 7.82 Å². The van der Waals surface area contributed by atoms with Crippen LogP contribution in [0.2, 0.25) is 0 Å². The molecule has 5 nitrogen and oxygen atoms in total. The number of phosphoric acid groups is 1. The summed E-state index contributed by atoms with van der Waals surface area (Å²) in [7, 11) is -4.64. The molecule has 0 radical (unpaired) electrons. The molecule has 0 atom stereocenters. The zero-order chi connectivity index (χ0) is 7.21. The van der Waals surface area contributed by atoms with Gasteiger partial charge in [0.25, 0.3) is 0 Å². The monoisotopic (exact) mass is 187 g/mol. The molecule has 0 saturated carbocycles. The van der Waals surface area contributed by atoms with Gasteiger partial charge in [-0.15, -0.1) is 0 Å². The maximum absolute atomic E-state index is 8.88. The van der Waals surface area contributed by atoms with Crippen molar-refractivity contribution in [3.63, 3.8) is 0 Å². The summed E-state index contributed by atoms with van der Waals surface area (Å²) in [6, 6.07) is 1.75. The van der Waals surface area contributed by atoms with Crippen molar-refractivity contribution in [2.24, 2.45) is 0 Å². The fourth-order valence-electron chi connectivity index (χ4n) is 0. The fourth-order valence-corrected chi connectivity index (χ4v) is 0. The standard InChI is InChI=1S/C2H3N.2Na.H3O4P.2H/c1-2-3;;;1-5(2,3)4;;/h1H3;;;(H3,1,2,3,4);;/q;2*+1;;2*-1. The molecule has 0 unspecified atom stereocenters. The molecular weight excluding hydrogens is 179 g/mol. The first kappa shape index (κ1) is 22.6. The van der Waals surface area contributed by atoms with Crippen LogP contribution < -0.4 is 59.1 Å². The van der Waals surface area contributed by atoms with Gasteiger partial charge in [0.1, 0.15) is 0 Å². The van der Waals surface area contributed by atoms with Crippen molar-refractivity contribution in [1.29, 1.82) is 5.26 Å². The van der Waals surface area contributed by atoms with Gasteiger partial charge >= 0.3 is 66.9 Å². The normalized spacial score (nSPS) is 6.70. The Morgan fingerprint density at radius 2 is 1.40 bits per heavy atom. The molecule has 0 aromatic carbocycles. The SMILES string of the molecule is CC#N.O=P(O)(O)O.[H-].[H-].[Na+].[Na+]. The summed E-state index contributed by atoms with van der Waals surface area (Å²) in [6.07, 6.45) is 0. The number of hydrogen-bond donors (Lipinski definition) is 3. The van der Waals surface area contributed by atoms with Crippen molar-refractivity contribution in [2.45, 2.75) is 6.92 Å². The molecule has 3 N–H and O–H groups in total. The van der Waals surface area contributed by atoms with Crippen LogP contribution in [0.4, 0.5) is 0 Å². The van der Waals surface area contributed by atoms with Gasteiger partial charge in [-0.1, -0.05) is 0 Å². The number of nitrogens with zero attached hydrogens (tertiary/aromatic N) is 1. The van der Waals surface area contributed by atoms with Crippen molar-refractivity contribution < 1.29 is 81.2 Å². The van der Waals surface area contributed by atoms with Crippen molar-refractivity contribution >= 4 is 7.82 Å². The predicted molar refractivity (Wildman–Crippen MR) is 27.8 cm³/mol. The van der Waals surface area contributed by atoms with Gasteiger partial charge in [-0.25, -0.2) is 4.57 Å². The molecule has 0 rings (SSSR count). The summed E-state index contributed by atoms with van der Waals surface area (Å²) >= 11 is 0. The van der Waals surface area contributed by atoms with E-state index >= 15 is 0 Å². The summed E-state index contributed by atoms with van der Waals surface area (Å²) < 4.78 is 8.88. The molecule has 0 aliphatic rings. The fraction of sp³-hybridized carbons (Fsp3) is 0.500. The van der Waals surface area contributed by atoms with E-state index in [4.69, 9.17) is 24.5 Å². The molecule has 0 heterocycles. The molecule has 8 heteroatoms. The first-order chi connectivity index (χ1) is 3.41. The molecule has 0 amide bonds. The van der Waals surface area contributed by atoms with Gasteiger partial charge in [-0.05, 0) is 0 Å². The molecule has 0 aromatic rings. The van der Waals surface area contributed by atoms with Crippen LogP contribution in [-0.4, -0.2) is 14.7 Å². The Labute approximate surface area is 106 Å². The summed E-state index contributed by atoms with van der Waals surface area (Å²) in [5.41, 5.74) is 0. The summed E-state index contributed by atoms with van der Waals surface area (Å²) in [5, 5.41) is 7.32. The van der Waals surface area contributed by atoms with E-state index in [0.717, 1.165) is 0 Å². The minimum Gasteiger partial charge on any atom is -1.00 e. The molecule has 0 saturated heterocycles. The Morgan fingerprint density at radius 1 is 1.40 bits per heavy atom. The van der Waals surface area contributed by atoms with Crippen LogP contribution in [0.3, 0.4) is 0 Å². The maximum atomic E-state index is 8.88. The molecular formula is C2H8NNa2O4P. The first-order valence-corrected chi connectivity index (χ1v) is 3.07. The van der Waals surface area contributed by atoms with Gasteiger partial charge in [0.05, 0.1) is 6.07 Å². The molecule has 52 valence electrons. The molecule has 0 aliphatic carbocycles. The second-order valence-corrected chi connectivity index (χ2v) is 1.76. The van der Waals surface area contributed by atoms with Gasteiger partial charge in [0.15, 0.2) is 0 Å². The third-order valence-electron chi connectivity index (χ3n) is 0. The molecule has 0 fully saturated rings. The van der Waals surface area contributed by atoms with Crippen LogP contribution in [0.1, 0.15) is 9.78 Å². The van der Waals surface area contributed by atoms with Crippen LogP contribution in [0.25, 0.3) is 0 Å². The van der Waals surface area contributed by atoms with E-state index < -0.39 is 7.82 Å². The van der Waals surface area contributed by atoms with E-state index in [2.05, 4.69) is 0 Å². The first-order valence-electron chi connectivity index (χ1n) is 1.51. The van der Waals surface area contributed by atoms with Crippen molar-refractivity contribution in [3.05, 3.63) is 0 Å². The van der Waals surface area contributed by atoms with Gasteiger partial charge in [0.2, 0.25) is 0 Å². The molecule has 0 bridgehead atoms. The number of rotatable bonds is 0. The maximum Gasteiger partial charge on any atom is 1.00 e. The van der Waals surface area contributed by atoms with E-state index in [0.29, 0.717) is 0 Å². The summed E-state index contributed by atoms with van der Waals surface area (Å²) in [6.45, 7) is 1.43. The quantitative estimate of drug-likeness (QED) is 0.258. The molecule has 0 spiro atoms. The molecule has 10 heavy (non-hydrogen) atoms. The van der Waals surface area contributed by atoms with E-state index in [1.54, 1.807) is 6.07 Å². The van der Waals surface area contributed by atoms with Crippen LogP contribution in [0.5, 0.6) is 0 Å². The van der Waals surface area contributed by atoms with Crippen LogP contribution in [-0.2, 0) is 4.57 Å². The smallest absolute Gasteiger partial charge is 1.00 e. The molecule has 0 aromatic heterocycles. The third kappa shape index (κ3) is 277. The average molecular weight is 187 g/mol. The summed E-state index contributed by atoms with van der Waals surface area (Å²) in [4.78, 5) is 21.6. The van der Waals surface area contributed by atoms with E-state index in [1.165, 1.54) is 6.92 Å². The zero-order valence-corrected chi connectivity index (χ0v) is 11.0. The number of nitriles is 1. The van der Waals surface area contributed by atoms with Gasteiger partial charge in [0, 0.05) is 6.92 Å². The summed E-state index contributed by atoms with van der Waals surface area (Å²) in [5.74, 6) is 0. The predicted octanol–water partition coefficient (Wildman–Crippen LogP) is -6.17. The van der Waals surface area contributed by atoms with E-state index in [9.17, 15) is 0 Å². The minimum absolute atomic E-state index is 0. The molecule has 0 aliphatic heterocycles. The van der Waals surface area contributed by atoms with Gasteiger partial charge < -0.3 is 17.5 Å². The minimum atomic E-state index is -4.64. The van der Waals surface area contributed by atoms with Crippen molar-refractivity contribution in [1.82, 2.24) is 0 Å². The van der Waals surface area contributed by atoms with Crippen molar-refractivity contribution in [3.8, 4) is 6.07 Å². The Bertz CT molecular complexity index is 127. The largest absolute Gasteiger partial charge is 1.00 e. The Kier molecular flexibility index (Phi) is 29.8. The number of hydrogen-bond acceptors (Lipinski definition) is 2. The van der Waals surface area contributed by atoms with Gasteiger partial charge in [-0.3, -0.25) is 0 Å². The van der Waals surface area contributed by atoms with E-state index in [1.807, 2.05) is 0 Å². The van der Waals surface area contributed by atoms with Gasteiger partial charge in [-0.2, -0.15) is 5.26 Å². The van der Waals surface area contributed by atoms with E-state index in [-0.39, 0.29) is 62.0 Å². The topological polar surface area (TPSA) is 102 Å². The average Bonchev–Trinajstić information content (AvgIpc) is 1.27. The third-order valence-corrected chi connectivity index (χ3v) is 0. The van der Waals surface area contributed by atoms with Crippen molar-refractivity contribution in [2.75, 3.05) is 0 Å². The van der Waals surface area contributed by atoms with Crippen LogP contribution in [0.15, 0.2) is 0 Å². The zero-order valence-electron chi connectivity index (χ0n) is 8.14. The Morgan fingerprint density at radius 3 is 1.40 bits per heavy atom. The van der Waals surface area contributed by atoms with Crippen LogP contribution in [0, 0.1) is 11.3 Å². The second kappa shape index (κ2) is 13.2. The Balaban J connectivity index is -0.0000000119.